The van der Waals surface area contributed by atoms with Crippen LogP contribution in [0.2, 0.25) is 0 Å². The van der Waals surface area contributed by atoms with Gasteiger partial charge in [-0.1, -0.05) is 30.3 Å². The number of benzene rings is 1. The van der Waals surface area contributed by atoms with E-state index in [2.05, 4.69) is 46.2 Å². The third-order valence-corrected chi connectivity index (χ3v) is 3.07. The number of aromatic amines is 1. The largest absolute Gasteiger partial charge is 0.372 e. The smallest absolute Gasteiger partial charge is 0.138 e. The summed E-state index contributed by atoms with van der Waals surface area (Å²) in [6, 6.07) is 10.2. The summed E-state index contributed by atoms with van der Waals surface area (Å²) in [6.07, 6.45) is 4.22. The summed E-state index contributed by atoms with van der Waals surface area (Å²) in [5.41, 5.74) is 3.40. The van der Waals surface area contributed by atoms with Crippen molar-refractivity contribution < 1.29 is 0 Å². The molecule has 1 aliphatic heterocycles. The minimum Gasteiger partial charge on any atom is -0.372 e. The molecular formula is C14H15N3. The van der Waals surface area contributed by atoms with Crippen molar-refractivity contribution in [3.05, 3.63) is 47.9 Å². The van der Waals surface area contributed by atoms with Gasteiger partial charge in [0.1, 0.15) is 5.82 Å². The zero-order chi connectivity index (χ0) is 11.7. The first kappa shape index (κ1) is 10.1. The Balaban J connectivity index is 1.97. The molecule has 0 saturated carbocycles. The predicted molar refractivity (Wildman–Crippen MR) is 69.1 cm³/mol. The molecule has 0 unspecified atom stereocenters. The van der Waals surface area contributed by atoms with Crippen LogP contribution in [0.5, 0.6) is 0 Å². The standard InChI is InChI=1S/C14H15N3/c1-2-17-9-8-12-13(10-17)16-14(15-12)11-6-4-3-5-7-11/h3-9H,2,10H2,1H3,(H,15,16). The number of fused-ring (bicyclic) bond motifs is 1. The number of rotatable bonds is 2. The summed E-state index contributed by atoms with van der Waals surface area (Å²) in [7, 11) is 0. The number of nitrogens with zero attached hydrogens (tertiary/aromatic N) is 2. The average molecular weight is 225 g/mol. The van der Waals surface area contributed by atoms with E-state index in [1.807, 2.05) is 18.2 Å². The molecule has 3 nitrogen and oxygen atoms in total. The Labute approximate surface area is 101 Å². The zero-order valence-corrected chi connectivity index (χ0v) is 9.85. The fourth-order valence-electron chi connectivity index (χ4n) is 2.06. The van der Waals surface area contributed by atoms with Gasteiger partial charge in [0.25, 0.3) is 0 Å². The zero-order valence-electron chi connectivity index (χ0n) is 9.85. The van der Waals surface area contributed by atoms with Crippen LogP contribution in [0.15, 0.2) is 36.5 Å². The molecule has 2 heterocycles. The summed E-state index contributed by atoms with van der Waals surface area (Å²) < 4.78 is 0. The molecular weight excluding hydrogens is 210 g/mol. The fraction of sp³-hybridized carbons (Fsp3) is 0.214. The van der Waals surface area contributed by atoms with E-state index in [1.54, 1.807) is 0 Å². The van der Waals surface area contributed by atoms with Gasteiger partial charge in [-0.2, -0.15) is 0 Å². The number of imidazole rings is 1. The molecule has 0 atom stereocenters. The summed E-state index contributed by atoms with van der Waals surface area (Å²) in [5, 5.41) is 0. The molecule has 3 rings (SSSR count). The lowest BCUT2D eigenvalue weighted by molar-refractivity contribution is 0.382. The molecule has 0 saturated heterocycles. The molecule has 86 valence electrons. The van der Waals surface area contributed by atoms with Crippen LogP contribution >= 0.6 is 0 Å². The van der Waals surface area contributed by atoms with Crippen molar-refractivity contribution in [2.24, 2.45) is 0 Å². The van der Waals surface area contributed by atoms with Gasteiger partial charge in [-0.3, -0.25) is 0 Å². The van der Waals surface area contributed by atoms with Crippen molar-refractivity contribution in [1.29, 1.82) is 0 Å². The highest BCUT2D eigenvalue weighted by atomic mass is 15.1. The number of aromatic nitrogens is 2. The Morgan fingerprint density at radius 3 is 2.88 bits per heavy atom. The molecule has 0 aliphatic carbocycles. The Kier molecular flexibility index (Phi) is 2.44. The first-order valence-electron chi connectivity index (χ1n) is 5.93. The predicted octanol–water partition coefficient (Wildman–Crippen LogP) is 2.88. The fourth-order valence-corrected chi connectivity index (χ4v) is 2.06. The lowest BCUT2D eigenvalue weighted by Gasteiger charge is -2.20. The molecule has 2 aromatic rings. The highest BCUT2D eigenvalue weighted by molar-refractivity contribution is 5.60. The maximum atomic E-state index is 4.67. The summed E-state index contributed by atoms with van der Waals surface area (Å²) in [4.78, 5) is 10.3. The molecule has 1 N–H and O–H groups in total. The average Bonchev–Trinajstić information content (AvgIpc) is 2.82. The van der Waals surface area contributed by atoms with Gasteiger partial charge in [0.2, 0.25) is 0 Å². The van der Waals surface area contributed by atoms with E-state index in [1.165, 1.54) is 0 Å². The maximum Gasteiger partial charge on any atom is 0.138 e. The first-order valence-corrected chi connectivity index (χ1v) is 5.93. The first-order chi connectivity index (χ1) is 8.36. The van der Waals surface area contributed by atoms with Crippen molar-refractivity contribution >= 4 is 6.08 Å². The van der Waals surface area contributed by atoms with Gasteiger partial charge < -0.3 is 9.88 Å². The van der Waals surface area contributed by atoms with Gasteiger partial charge in [-0.05, 0) is 13.0 Å². The minimum absolute atomic E-state index is 0.895. The Morgan fingerprint density at radius 2 is 2.12 bits per heavy atom. The van der Waals surface area contributed by atoms with Crippen LogP contribution in [-0.2, 0) is 6.54 Å². The summed E-state index contributed by atoms with van der Waals surface area (Å²) >= 11 is 0. The van der Waals surface area contributed by atoms with Crippen molar-refractivity contribution in [3.63, 3.8) is 0 Å². The van der Waals surface area contributed by atoms with Crippen LogP contribution < -0.4 is 0 Å². The molecule has 1 aromatic heterocycles. The second-order valence-corrected chi connectivity index (χ2v) is 4.19. The second-order valence-electron chi connectivity index (χ2n) is 4.19. The van der Waals surface area contributed by atoms with Crippen LogP contribution in [0.1, 0.15) is 18.3 Å². The Morgan fingerprint density at radius 1 is 1.29 bits per heavy atom. The molecule has 1 aromatic carbocycles. The lowest BCUT2D eigenvalue weighted by Crippen LogP contribution is -2.19. The van der Waals surface area contributed by atoms with Gasteiger partial charge in [-0.15, -0.1) is 0 Å². The highest BCUT2D eigenvalue weighted by Gasteiger charge is 2.14. The minimum atomic E-state index is 0.895. The molecule has 0 amide bonds. The second kappa shape index (κ2) is 4.09. The number of hydrogen-bond acceptors (Lipinski definition) is 2. The van der Waals surface area contributed by atoms with Crippen molar-refractivity contribution in [3.8, 4) is 11.4 Å². The van der Waals surface area contributed by atoms with Crippen LogP contribution in [0.3, 0.4) is 0 Å². The topological polar surface area (TPSA) is 31.9 Å². The molecule has 1 aliphatic rings. The van der Waals surface area contributed by atoms with Gasteiger partial charge in [-0.25, -0.2) is 4.98 Å². The SMILES string of the molecule is CCN1C=Cc2[nH]c(-c3ccccc3)nc2C1. The number of H-pyrrole nitrogens is 1. The number of hydrogen-bond donors (Lipinski definition) is 1. The van der Waals surface area contributed by atoms with E-state index in [0.29, 0.717) is 0 Å². The van der Waals surface area contributed by atoms with Gasteiger partial charge >= 0.3 is 0 Å². The van der Waals surface area contributed by atoms with Crippen molar-refractivity contribution in [1.82, 2.24) is 14.9 Å². The van der Waals surface area contributed by atoms with Crippen LogP contribution in [-0.4, -0.2) is 21.4 Å². The van der Waals surface area contributed by atoms with Crippen molar-refractivity contribution in [2.75, 3.05) is 6.54 Å². The lowest BCUT2D eigenvalue weighted by atomic mass is 10.2. The molecule has 17 heavy (non-hydrogen) atoms. The van der Waals surface area contributed by atoms with Gasteiger partial charge in [0, 0.05) is 18.3 Å². The van der Waals surface area contributed by atoms with E-state index in [0.717, 1.165) is 35.9 Å². The van der Waals surface area contributed by atoms with E-state index < -0.39 is 0 Å². The molecule has 3 heteroatoms. The van der Waals surface area contributed by atoms with Gasteiger partial charge in [0.15, 0.2) is 0 Å². The monoisotopic (exact) mass is 225 g/mol. The van der Waals surface area contributed by atoms with Crippen LogP contribution in [0.4, 0.5) is 0 Å². The van der Waals surface area contributed by atoms with E-state index in [-0.39, 0.29) is 0 Å². The summed E-state index contributed by atoms with van der Waals surface area (Å²) in [6.45, 7) is 4.06. The van der Waals surface area contributed by atoms with E-state index in [4.69, 9.17) is 0 Å². The van der Waals surface area contributed by atoms with Crippen molar-refractivity contribution in [2.45, 2.75) is 13.5 Å². The van der Waals surface area contributed by atoms with Crippen LogP contribution in [0, 0.1) is 0 Å². The van der Waals surface area contributed by atoms with Gasteiger partial charge in [0.05, 0.1) is 17.9 Å². The normalized spacial score (nSPS) is 13.8. The Hall–Kier alpha value is -2.03. The number of nitrogens with one attached hydrogen (secondary N) is 1. The summed E-state index contributed by atoms with van der Waals surface area (Å²) in [5.74, 6) is 0.957. The molecule has 0 fully saturated rings. The van der Waals surface area contributed by atoms with E-state index >= 15 is 0 Å². The quantitative estimate of drug-likeness (QED) is 0.852. The Bertz CT molecular complexity index is 540. The molecule has 0 spiro atoms. The maximum absolute atomic E-state index is 4.67. The highest BCUT2D eigenvalue weighted by Crippen LogP contribution is 2.22. The van der Waals surface area contributed by atoms with E-state index in [9.17, 15) is 0 Å². The molecule has 0 radical (unpaired) electrons. The molecule has 0 bridgehead atoms. The third-order valence-electron chi connectivity index (χ3n) is 3.07. The third kappa shape index (κ3) is 1.84. The van der Waals surface area contributed by atoms with Crippen LogP contribution in [0.25, 0.3) is 17.5 Å².